The predicted molar refractivity (Wildman–Crippen MR) is 73.6 cm³/mol. The van der Waals surface area contributed by atoms with Gasteiger partial charge in [-0.3, -0.25) is 9.69 Å². The number of hydrogen-bond donors (Lipinski definition) is 2. The molecule has 0 aromatic heterocycles. The molecule has 5 heteroatoms. The maximum atomic E-state index is 11.4. The highest BCUT2D eigenvalue weighted by Crippen LogP contribution is 2.18. The molecule has 0 saturated carbocycles. The number of rotatable bonds is 5. The van der Waals surface area contributed by atoms with E-state index in [1.54, 1.807) is 0 Å². The average molecular weight is 300 g/mol. The molecular weight excluding hydrogens is 282 g/mol. The van der Waals surface area contributed by atoms with Gasteiger partial charge in [0.15, 0.2) is 0 Å². The number of nitrogens with one attached hydrogen (secondary N) is 1. The second-order valence-corrected chi connectivity index (χ2v) is 4.93. The van der Waals surface area contributed by atoms with Gasteiger partial charge < -0.3 is 11.1 Å². The minimum absolute atomic E-state index is 0.0398. The predicted octanol–water partition coefficient (Wildman–Crippen LogP) is 1.60. The summed E-state index contributed by atoms with van der Waals surface area (Å²) in [6.07, 6.45) is 0. The molecule has 0 saturated heterocycles. The Morgan fingerprint density at radius 1 is 1.47 bits per heavy atom. The van der Waals surface area contributed by atoms with Crippen LogP contribution in [0.25, 0.3) is 0 Å². The number of halogens is 1. The fourth-order valence-corrected chi connectivity index (χ4v) is 2.19. The molecule has 1 aromatic rings. The van der Waals surface area contributed by atoms with Gasteiger partial charge in [0.2, 0.25) is 5.91 Å². The molecule has 0 fully saturated rings. The van der Waals surface area contributed by atoms with Crippen molar-refractivity contribution in [3.63, 3.8) is 0 Å². The Balaban J connectivity index is 2.55. The third-order valence-corrected chi connectivity index (χ3v) is 2.68. The third kappa shape index (κ3) is 5.19. The smallest absolute Gasteiger partial charge is 0.234 e. The first-order valence-corrected chi connectivity index (χ1v) is 6.30. The molecule has 1 rings (SSSR count). The number of nitrogens with zero attached hydrogens (tertiary/aromatic N) is 1. The minimum atomic E-state index is 0.0398. The molecule has 4 nitrogen and oxygen atoms in total. The maximum absolute atomic E-state index is 11.4. The molecule has 0 aliphatic rings. The second kappa shape index (κ2) is 6.61. The van der Waals surface area contributed by atoms with Crippen molar-refractivity contribution in [3.8, 4) is 0 Å². The first kappa shape index (κ1) is 14.0. The first-order chi connectivity index (χ1) is 8.01. The molecule has 1 aromatic carbocycles. The Morgan fingerprint density at radius 2 is 2.18 bits per heavy atom. The van der Waals surface area contributed by atoms with Gasteiger partial charge in [0.05, 0.1) is 6.54 Å². The van der Waals surface area contributed by atoms with Crippen LogP contribution in [0.2, 0.25) is 0 Å². The van der Waals surface area contributed by atoms with Gasteiger partial charge in [0, 0.05) is 23.2 Å². The maximum Gasteiger partial charge on any atom is 0.234 e. The van der Waals surface area contributed by atoms with Crippen LogP contribution in [0, 0.1) is 0 Å². The van der Waals surface area contributed by atoms with Crippen LogP contribution in [-0.4, -0.2) is 30.9 Å². The van der Waals surface area contributed by atoms with Crippen LogP contribution < -0.4 is 11.1 Å². The van der Waals surface area contributed by atoms with Crippen LogP contribution in [0.5, 0.6) is 0 Å². The molecule has 0 aliphatic heterocycles. The molecule has 0 radical (unpaired) electrons. The van der Waals surface area contributed by atoms with Gasteiger partial charge in [0.1, 0.15) is 0 Å². The number of nitrogens with two attached hydrogens (primary N) is 1. The molecule has 0 bridgehead atoms. The Hall–Kier alpha value is -1.07. The molecule has 0 unspecified atom stereocenters. The summed E-state index contributed by atoms with van der Waals surface area (Å²) in [5, 5.41) is 2.77. The van der Waals surface area contributed by atoms with Crippen LogP contribution >= 0.6 is 15.9 Å². The van der Waals surface area contributed by atoms with Crippen LogP contribution in [0.3, 0.4) is 0 Å². The Morgan fingerprint density at radius 3 is 2.76 bits per heavy atom. The quantitative estimate of drug-likeness (QED) is 0.812. The average Bonchev–Trinajstić information content (AvgIpc) is 2.14. The Bertz CT molecular complexity index is 375. The fourth-order valence-electron chi connectivity index (χ4n) is 1.63. The van der Waals surface area contributed by atoms with Gasteiger partial charge in [-0.15, -0.1) is 0 Å². The molecule has 0 heterocycles. The monoisotopic (exact) mass is 299 g/mol. The zero-order valence-electron chi connectivity index (χ0n) is 10.2. The van der Waals surface area contributed by atoms with Crippen molar-refractivity contribution in [3.05, 3.63) is 28.2 Å². The summed E-state index contributed by atoms with van der Waals surface area (Å²) in [6.45, 7) is 3.66. The summed E-state index contributed by atoms with van der Waals surface area (Å²) in [5.74, 6) is 0.0398. The highest BCUT2D eigenvalue weighted by Gasteiger charge is 2.06. The number of carbonyl (C=O) groups excluding carboxylic acids is 1. The number of nitrogen functional groups attached to an aromatic ring is 1. The van der Waals surface area contributed by atoms with Crippen LogP contribution in [-0.2, 0) is 11.3 Å². The van der Waals surface area contributed by atoms with E-state index in [0.717, 1.165) is 15.7 Å². The van der Waals surface area contributed by atoms with Crippen molar-refractivity contribution >= 4 is 27.5 Å². The standard InChI is InChI=1S/C12H18BrN3O/c1-3-15-12(17)8-16(2)7-9-4-10(13)6-11(14)5-9/h4-6H,3,7-8,14H2,1-2H3,(H,15,17). The number of carbonyl (C=O) groups is 1. The van der Waals surface area contributed by atoms with Gasteiger partial charge in [-0.05, 0) is 37.7 Å². The molecule has 0 atom stereocenters. The number of likely N-dealkylation sites (N-methyl/N-ethyl adjacent to an activating group) is 2. The molecular formula is C12H18BrN3O. The van der Waals surface area contributed by atoms with Crippen LogP contribution in [0.4, 0.5) is 5.69 Å². The number of anilines is 1. The van der Waals surface area contributed by atoms with E-state index in [2.05, 4.69) is 21.2 Å². The number of hydrogen-bond acceptors (Lipinski definition) is 3. The first-order valence-electron chi connectivity index (χ1n) is 5.51. The van der Waals surface area contributed by atoms with E-state index in [-0.39, 0.29) is 5.91 Å². The van der Waals surface area contributed by atoms with Gasteiger partial charge in [-0.2, -0.15) is 0 Å². The Kier molecular flexibility index (Phi) is 5.44. The van der Waals surface area contributed by atoms with E-state index in [9.17, 15) is 4.79 Å². The summed E-state index contributed by atoms with van der Waals surface area (Å²) in [5.41, 5.74) is 7.57. The van der Waals surface area contributed by atoms with Gasteiger partial charge >= 0.3 is 0 Å². The Labute approximate surface area is 110 Å². The summed E-state index contributed by atoms with van der Waals surface area (Å²) in [6, 6.07) is 5.77. The van der Waals surface area contributed by atoms with E-state index in [1.165, 1.54) is 0 Å². The SMILES string of the molecule is CCNC(=O)CN(C)Cc1cc(N)cc(Br)c1. The normalized spacial score (nSPS) is 10.6. The molecule has 0 aliphatic carbocycles. The summed E-state index contributed by atoms with van der Waals surface area (Å²) >= 11 is 3.40. The van der Waals surface area contributed by atoms with Gasteiger partial charge in [-0.1, -0.05) is 15.9 Å². The zero-order chi connectivity index (χ0) is 12.8. The van der Waals surface area contributed by atoms with Crippen molar-refractivity contribution in [1.29, 1.82) is 0 Å². The summed E-state index contributed by atoms with van der Waals surface area (Å²) in [4.78, 5) is 13.3. The topological polar surface area (TPSA) is 58.4 Å². The third-order valence-electron chi connectivity index (χ3n) is 2.22. The molecule has 17 heavy (non-hydrogen) atoms. The highest BCUT2D eigenvalue weighted by atomic mass is 79.9. The lowest BCUT2D eigenvalue weighted by Crippen LogP contribution is -2.34. The number of benzene rings is 1. The van der Waals surface area contributed by atoms with Crippen molar-refractivity contribution in [2.45, 2.75) is 13.5 Å². The van der Waals surface area contributed by atoms with Crippen LogP contribution in [0.1, 0.15) is 12.5 Å². The lowest BCUT2D eigenvalue weighted by atomic mass is 10.2. The largest absolute Gasteiger partial charge is 0.399 e. The van der Waals surface area contributed by atoms with E-state index in [0.29, 0.717) is 19.6 Å². The van der Waals surface area contributed by atoms with Crippen molar-refractivity contribution in [2.24, 2.45) is 0 Å². The van der Waals surface area contributed by atoms with E-state index in [1.807, 2.05) is 37.1 Å². The zero-order valence-corrected chi connectivity index (χ0v) is 11.8. The lowest BCUT2D eigenvalue weighted by molar-refractivity contribution is -0.121. The summed E-state index contributed by atoms with van der Waals surface area (Å²) < 4.78 is 0.957. The fraction of sp³-hybridized carbons (Fsp3) is 0.417. The molecule has 94 valence electrons. The van der Waals surface area contributed by atoms with E-state index >= 15 is 0 Å². The molecule has 1 amide bonds. The van der Waals surface area contributed by atoms with Crippen molar-refractivity contribution < 1.29 is 4.79 Å². The molecule has 3 N–H and O–H groups in total. The van der Waals surface area contributed by atoms with Crippen LogP contribution in [0.15, 0.2) is 22.7 Å². The second-order valence-electron chi connectivity index (χ2n) is 4.02. The summed E-state index contributed by atoms with van der Waals surface area (Å²) in [7, 11) is 1.91. The lowest BCUT2D eigenvalue weighted by Gasteiger charge is -2.16. The van der Waals surface area contributed by atoms with Gasteiger partial charge in [-0.25, -0.2) is 0 Å². The molecule has 0 spiro atoms. The number of amides is 1. The van der Waals surface area contributed by atoms with E-state index in [4.69, 9.17) is 5.73 Å². The highest BCUT2D eigenvalue weighted by molar-refractivity contribution is 9.10. The van der Waals surface area contributed by atoms with Gasteiger partial charge in [0.25, 0.3) is 0 Å². The minimum Gasteiger partial charge on any atom is -0.399 e. The van der Waals surface area contributed by atoms with Crippen molar-refractivity contribution in [2.75, 3.05) is 25.9 Å². The van der Waals surface area contributed by atoms with E-state index < -0.39 is 0 Å². The van der Waals surface area contributed by atoms with Crippen molar-refractivity contribution in [1.82, 2.24) is 10.2 Å².